The normalized spacial score (nSPS) is 18.7. The number of hydrogen-bond donors (Lipinski definition) is 2. The average Bonchev–Trinajstić information content (AvgIpc) is 2.46. The fourth-order valence-corrected chi connectivity index (χ4v) is 4.15. The number of anilines is 1. The summed E-state index contributed by atoms with van der Waals surface area (Å²) in [5, 5.41) is 0. The highest BCUT2D eigenvalue weighted by Crippen LogP contribution is 2.35. The fraction of sp³-hybridized carbons (Fsp3) is 0.643. The Bertz CT molecular complexity index is 570. The molecule has 1 saturated heterocycles. The van der Waals surface area contributed by atoms with Gasteiger partial charge >= 0.3 is 0 Å². The van der Waals surface area contributed by atoms with Gasteiger partial charge in [0.25, 0.3) is 0 Å². The Hall–Kier alpha value is -1.18. The fourth-order valence-electron chi connectivity index (χ4n) is 2.73. The molecule has 0 amide bonds. The lowest BCUT2D eigenvalue weighted by Gasteiger charge is -2.38. The van der Waals surface area contributed by atoms with Crippen LogP contribution in [0.3, 0.4) is 0 Å². The Morgan fingerprint density at radius 1 is 1.29 bits per heavy atom. The van der Waals surface area contributed by atoms with Crippen LogP contribution in [0, 0.1) is 11.3 Å². The van der Waals surface area contributed by atoms with Crippen LogP contribution in [0.5, 0.6) is 0 Å². The molecule has 0 radical (unpaired) electrons. The summed E-state index contributed by atoms with van der Waals surface area (Å²) < 4.78 is 26.7. The quantitative estimate of drug-likeness (QED) is 0.656. The summed E-state index contributed by atoms with van der Waals surface area (Å²) in [4.78, 5) is 4.19. The number of sulfonamides is 1. The van der Waals surface area contributed by atoms with Crippen LogP contribution in [-0.2, 0) is 10.0 Å². The second kappa shape index (κ2) is 5.90. The standard InChI is InChI=1S/C14H24N4O2S/c1-14(2,3)11-6-8-18(9-7-11)21(19,20)12-4-5-13(17-15)16-10-12/h4-5,10-11H,6-9,15H2,1-3H3,(H,16,17). The molecule has 6 nitrogen and oxygen atoms in total. The number of rotatable bonds is 3. The van der Waals surface area contributed by atoms with Gasteiger partial charge in [0.05, 0.1) is 0 Å². The van der Waals surface area contributed by atoms with Crippen molar-refractivity contribution in [1.82, 2.24) is 9.29 Å². The predicted octanol–water partition coefficient (Wildman–Crippen LogP) is 1.81. The molecule has 0 unspecified atom stereocenters. The van der Waals surface area contributed by atoms with Crippen molar-refractivity contribution in [1.29, 1.82) is 0 Å². The first-order valence-corrected chi connectivity index (χ1v) is 8.62. The molecule has 0 aromatic carbocycles. The molecule has 1 aliphatic rings. The highest BCUT2D eigenvalue weighted by atomic mass is 32.2. The molecule has 7 heteroatoms. The van der Waals surface area contributed by atoms with Gasteiger partial charge in [-0.2, -0.15) is 4.31 Å². The molecule has 1 aromatic heterocycles. The summed E-state index contributed by atoms with van der Waals surface area (Å²) >= 11 is 0. The van der Waals surface area contributed by atoms with E-state index in [1.54, 1.807) is 10.4 Å². The second-order valence-electron chi connectivity index (χ2n) is 6.57. The van der Waals surface area contributed by atoms with Gasteiger partial charge in [-0.25, -0.2) is 19.2 Å². The zero-order valence-corrected chi connectivity index (χ0v) is 13.7. The van der Waals surface area contributed by atoms with Crippen molar-refractivity contribution in [2.24, 2.45) is 17.2 Å². The Morgan fingerprint density at radius 3 is 2.33 bits per heavy atom. The molecule has 1 aromatic rings. The third kappa shape index (κ3) is 3.53. The van der Waals surface area contributed by atoms with Gasteiger partial charge in [-0.05, 0) is 36.3 Å². The lowest BCUT2D eigenvalue weighted by Crippen LogP contribution is -2.41. The van der Waals surface area contributed by atoms with E-state index < -0.39 is 10.0 Å². The molecule has 1 fully saturated rings. The number of nitrogens with zero attached hydrogens (tertiary/aromatic N) is 2. The Balaban J connectivity index is 2.11. The van der Waals surface area contributed by atoms with E-state index in [9.17, 15) is 8.42 Å². The van der Waals surface area contributed by atoms with Gasteiger partial charge in [-0.15, -0.1) is 0 Å². The summed E-state index contributed by atoms with van der Waals surface area (Å²) in [5.74, 6) is 6.24. The van der Waals surface area contributed by atoms with Crippen LogP contribution in [-0.4, -0.2) is 30.8 Å². The molecular formula is C14H24N4O2S. The van der Waals surface area contributed by atoms with E-state index in [4.69, 9.17) is 5.84 Å². The van der Waals surface area contributed by atoms with Gasteiger partial charge in [0, 0.05) is 19.3 Å². The summed E-state index contributed by atoms with van der Waals surface area (Å²) in [5.41, 5.74) is 2.62. The van der Waals surface area contributed by atoms with Crippen molar-refractivity contribution in [3.8, 4) is 0 Å². The lowest BCUT2D eigenvalue weighted by molar-refractivity contribution is 0.154. The maximum Gasteiger partial charge on any atom is 0.244 e. The SMILES string of the molecule is CC(C)(C)C1CCN(S(=O)(=O)c2ccc(NN)nc2)CC1. The molecule has 2 rings (SSSR count). The second-order valence-corrected chi connectivity index (χ2v) is 8.51. The monoisotopic (exact) mass is 312 g/mol. The molecule has 2 heterocycles. The Morgan fingerprint density at radius 2 is 1.90 bits per heavy atom. The van der Waals surface area contributed by atoms with Crippen molar-refractivity contribution in [2.45, 2.75) is 38.5 Å². The molecule has 3 N–H and O–H groups in total. The van der Waals surface area contributed by atoms with Gasteiger partial charge in [0.1, 0.15) is 10.7 Å². The Kier molecular flexibility index (Phi) is 4.55. The van der Waals surface area contributed by atoms with Crippen molar-refractivity contribution < 1.29 is 8.42 Å². The van der Waals surface area contributed by atoms with Crippen LogP contribution in [0.2, 0.25) is 0 Å². The molecule has 0 bridgehead atoms. The van der Waals surface area contributed by atoms with Gasteiger partial charge < -0.3 is 5.43 Å². The van der Waals surface area contributed by atoms with E-state index in [1.165, 1.54) is 12.3 Å². The van der Waals surface area contributed by atoms with Crippen molar-refractivity contribution in [2.75, 3.05) is 18.5 Å². The van der Waals surface area contributed by atoms with Crippen LogP contribution >= 0.6 is 0 Å². The summed E-state index contributed by atoms with van der Waals surface area (Å²) in [6.45, 7) is 7.78. The van der Waals surface area contributed by atoms with Crippen LogP contribution in [0.4, 0.5) is 5.82 Å². The number of nitrogens with two attached hydrogens (primary N) is 1. The maximum absolute atomic E-state index is 12.6. The van der Waals surface area contributed by atoms with Crippen LogP contribution in [0.1, 0.15) is 33.6 Å². The zero-order valence-electron chi connectivity index (χ0n) is 12.8. The van der Waals surface area contributed by atoms with Crippen molar-refractivity contribution >= 4 is 15.8 Å². The molecule has 118 valence electrons. The molecule has 0 atom stereocenters. The van der Waals surface area contributed by atoms with E-state index in [0.29, 0.717) is 24.8 Å². The number of hydrazine groups is 1. The summed E-state index contributed by atoms with van der Waals surface area (Å²) in [6.07, 6.45) is 3.15. The van der Waals surface area contributed by atoms with Gasteiger partial charge in [0.2, 0.25) is 10.0 Å². The minimum atomic E-state index is -3.45. The van der Waals surface area contributed by atoms with E-state index >= 15 is 0 Å². The number of pyridine rings is 1. The molecule has 0 saturated carbocycles. The average molecular weight is 312 g/mol. The minimum Gasteiger partial charge on any atom is -0.308 e. The number of hydrogen-bond acceptors (Lipinski definition) is 5. The van der Waals surface area contributed by atoms with Gasteiger partial charge in [-0.3, -0.25) is 0 Å². The largest absolute Gasteiger partial charge is 0.308 e. The van der Waals surface area contributed by atoms with Crippen LogP contribution in [0.25, 0.3) is 0 Å². The van der Waals surface area contributed by atoms with E-state index in [0.717, 1.165) is 12.8 Å². The predicted molar refractivity (Wildman–Crippen MR) is 83.0 cm³/mol. The molecule has 0 spiro atoms. The van der Waals surface area contributed by atoms with E-state index in [1.807, 2.05) is 0 Å². The first-order chi connectivity index (χ1) is 9.75. The lowest BCUT2D eigenvalue weighted by atomic mass is 9.76. The topological polar surface area (TPSA) is 88.3 Å². The molecule has 21 heavy (non-hydrogen) atoms. The Labute approximate surface area is 126 Å². The van der Waals surface area contributed by atoms with Crippen molar-refractivity contribution in [3.05, 3.63) is 18.3 Å². The van der Waals surface area contributed by atoms with Crippen LogP contribution in [0.15, 0.2) is 23.2 Å². The van der Waals surface area contributed by atoms with Crippen LogP contribution < -0.4 is 11.3 Å². The minimum absolute atomic E-state index is 0.218. The molecule has 1 aliphatic heterocycles. The number of aromatic nitrogens is 1. The first kappa shape index (κ1) is 16.2. The summed E-state index contributed by atoms with van der Waals surface area (Å²) in [6, 6.07) is 3.10. The summed E-state index contributed by atoms with van der Waals surface area (Å²) in [7, 11) is -3.45. The van der Waals surface area contributed by atoms with Crippen molar-refractivity contribution in [3.63, 3.8) is 0 Å². The highest BCUT2D eigenvalue weighted by molar-refractivity contribution is 7.89. The smallest absolute Gasteiger partial charge is 0.244 e. The van der Waals surface area contributed by atoms with Gasteiger partial charge in [0.15, 0.2) is 0 Å². The number of nitrogen functional groups attached to an aromatic ring is 1. The highest BCUT2D eigenvalue weighted by Gasteiger charge is 2.33. The maximum atomic E-state index is 12.6. The third-order valence-electron chi connectivity index (χ3n) is 4.20. The van der Waals surface area contributed by atoms with Gasteiger partial charge in [-0.1, -0.05) is 20.8 Å². The number of piperidine rings is 1. The third-order valence-corrected chi connectivity index (χ3v) is 6.08. The van der Waals surface area contributed by atoms with E-state index in [-0.39, 0.29) is 10.3 Å². The zero-order chi connectivity index (χ0) is 15.7. The first-order valence-electron chi connectivity index (χ1n) is 7.18. The van der Waals surface area contributed by atoms with E-state index in [2.05, 4.69) is 31.2 Å². The molecular weight excluding hydrogens is 288 g/mol. The molecule has 0 aliphatic carbocycles. The number of nitrogens with one attached hydrogen (secondary N) is 1.